The average Bonchev–Trinajstić information content (AvgIpc) is 2.44. The summed E-state index contributed by atoms with van der Waals surface area (Å²) in [5.41, 5.74) is 2.79. The van der Waals surface area contributed by atoms with Crippen LogP contribution in [0.4, 0.5) is 17.2 Å². The van der Waals surface area contributed by atoms with Gasteiger partial charge in [-0.1, -0.05) is 24.1 Å². The van der Waals surface area contributed by atoms with Crippen LogP contribution in [-0.4, -0.2) is 10.9 Å². The number of halogens is 1. The minimum absolute atomic E-state index is 0.0742. The molecule has 0 unspecified atom stereocenters. The van der Waals surface area contributed by atoms with Crippen molar-refractivity contribution >= 4 is 34.7 Å². The van der Waals surface area contributed by atoms with Crippen LogP contribution in [0.1, 0.15) is 24.8 Å². The molecule has 5 heteroatoms. The molecule has 4 nitrogen and oxygen atoms in total. The molecular formula is C17H18ClN3O. The Morgan fingerprint density at radius 1 is 1.27 bits per heavy atom. The van der Waals surface area contributed by atoms with Crippen LogP contribution in [0.2, 0.25) is 5.02 Å². The molecule has 3 rings (SSSR count). The number of carbonyl (C=O) groups excluding carboxylic acids is 1. The fourth-order valence-corrected chi connectivity index (χ4v) is 2.51. The van der Waals surface area contributed by atoms with E-state index in [2.05, 4.69) is 15.6 Å². The number of carbonyl (C=O) groups is 1. The summed E-state index contributed by atoms with van der Waals surface area (Å²) in [7, 11) is 0. The molecule has 1 aliphatic carbocycles. The van der Waals surface area contributed by atoms with Crippen molar-refractivity contribution in [1.29, 1.82) is 0 Å². The Balaban J connectivity index is 1.66. The molecule has 1 amide bonds. The van der Waals surface area contributed by atoms with Crippen LogP contribution in [0.5, 0.6) is 0 Å². The molecule has 1 aliphatic rings. The van der Waals surface area contributed by atoms with Gasteiger partial charge in [-0.05, 0) is 49.6 Å². The van der Waals surface area contributed by atoms with E-state index in [9.17, 15) is 4.79 Å². The summed E-state index contributed by atoms with van der Waals surface area (Å²) in [6.07, 6.45) is 4.82. The first-order valence-electron chi connectivity index (χ1n) is 7.42. The molecule has 1 aromatic carbocycles. The van der Waals surface area contributed by atoms with Gasteiger partial charge in [-0.2, -0.15) is 0 Å². The van der Waals surface area contributed by atoms with Gasteiger partial charge >= 0.3 is 0 Å². The van der Waals surface area contributed by atoms with Gasteiger partial charge in [0.2, 0.25) is 5.91 Å². The zero-order chi connectivity index (χ0) is 15.5. The Morgan fingerprint density at radius 3 is 2.73 bits per heavy atom. The smallest absolute Gasteiger partial charge is 0.228 e. The third kappa shape index (κ3) is 3.22. The molecule has 1 saturated carbocycles. The lowest BCUT2D eigenvalue weighted by molar-refractivity contribution is -0.122. The molecule has 0 radical (unpaired) electrons. The van der Waals surface area contributed by atoms with Gasteiger partial charge in [0, 0.05) is 16.6 Å². The number of amides is 1. The highest BCUT2D eigenvalue weighted by molar-refractivity contribution is 6.31. The van der Waals surface area contributed by atoms with E-state index >= 15 is 0 Å². The summed E-state index contributed by atoms with van der Waals surface area (Å²) < 4.78 is 0. The van der Waals surface area contributed by atoms with E-state index in [1.54, 1.807) is 12.3 Å². The van der Waals surface area contributed by atoms with Crippen LogP contribution in [0.3, 0.4) is 0 Å². The van der Waals surface area contributed by atoms with E-state index in [-0.39, 0.29) is 11.8 Å². The Hall–Kier alpha value is -2.07. The fourth-order valence-electron chi connectivity index (χ4n) is 2.34. The van der Waals surface area contributed by atoms with E-state index in [4.69, 9.17) is 11.6 Å². The van der Waals surface area contributed by atoms with Crippen molar-refractivity contribution < 1.29 is 4.79 Å². The summed E-state index contributed by atoms with van der Waals surface area (Å²) in [5, 5.41) is 6.86. The number of rotatable bonds is 4. The topological polar surface area (TPSA) is 54.0 Å². The SMILES string of the molecule is Cc1c(Cl)cccc1Nc1ccc(NC(=O)C2CCC2)nc1. The Bertz CT molecular complexity index is 681. The van der Waals surface area contributed by atoms with Gasteiger partial charge in [0.1, 0.15) is 5.82 Å². The third-order valence-electron chi connectivity index (χ3n) is 4.04. The second kappa shape index (κ2) is 6.36. The molecular weight excluding hydrogens is 298 g/mol. The molecule has 0 aliphatic heterocycles. The van der Waals surface area contributed by atoms with Crippen molar-refractivity contribution in [3.8, 4) is 0 Å². The molecule has 0 bridgehead atoms. The maximum atomic E-state index is 11.9. The van der Waals surface area contributed by atoms with Crippen molar-refractivity contribution in [2.45, 2.75) is 26.2 Å². The van der Waals surface area contributed by atoms with E-state index in [1.165, 1.54) is 0 Å². The second-order valence-corrected chi connectivity index (χ2v) is 5.99. The number of nitrogens with zero attached hydrogens (tertiary/aromatic N) is 1. The molecule has 1 heterocycles. The maximum absolute atomic E-state index is 11.9. The first-order chi connectivity index (χ1) is 10.6. The number of anilines is 3. The summed E-state index contributed by atoms with van der Waals surface area (Å²) >= 11 is 6.11. The monoisotopic (exact) mass is 315 g/mol. The van der Waals surface area contributed by atoms with Gasteiger partial charge in [0.25, 0.3) is 0 Å². The predicted octanol–water partition coefficient (Wildman–Crippen LogP) is 4.53. The highest BCUT2D eigenvalue weighted by atomic mass is 35.5. The van der Waals surface area contributed by atoms with Gasteiger partial charge in [0.05, 0.1) is 11.9 Å². The van der Waals surface area contributed by atoms with Crippen molar-refractivity contribution in [1.82, 2.24) is 4.98 Å². The van der Waals surface area contributed by atoms with Gasteiger partial charge < -0.3 is 10.6 Å². The Morgan fingerprint density at radius 2 is 2.09 bits per heavy atom. The van der Waals surface area contributed by atoms with E-state index in [0.717, 1.165) is 41.2 Å². The van der Waals surface area contributed by atoms with Gasteiger partial charge in [-0.15, -0.1) is 0 Å². The zero-order valence-electron chi connectivity index (χ0n) is 12.4. The number of hydrogen-bond acceptors (Lipinski definition) is 3. The fraction of sp³-hybridized carbons (Fsp3) is 0.294. The summed E-state index contributed by atoms with van der Waals surface area (Å²) in [6.45, 7) is 1.96. The van der Waals surface area contributed by atoms with Crippen LogP contribution >= 0.6 is 11.6 Å². The van der Waals surface area contributed by atoms with E-state index < -0.39 is 0 Å². The minimum atomic E-state index is 0.0742. The van der Waals surface area contributed by atoms with Crippen molar-refractivity contribution in [2.24, 2.45) is 5.92 Å². The molecule has 0 saturated heterocycles. The highest BCUT2D eigenvalue weighted by Gasteiger charge is 2.25. The molecule has 0 atom stereocenters. The van der Waals surface area contributed by atoms with Crippen molar-refractivity contribution in [3.63, 3.8) is 0 Å². The summed E-state index contributed by atoms with van der Waals surface area (Å²) in [5.74, 6) is 0.823. The normalized spacial score (nSPS) is 14.3. The summed E-state index contributed by atoms with van der Waals surface area (Å²) in [6, 6.07) is 9.42. The molecule has 1 fully saturated rings. The van der Waals surface area contributed by atoms with Crippen molar-refractivity contribution in [3.05, 3.63) is 47.1 Å². The first kappa shape index (κ1) is 14.9. The lowest BCUT2D eigenvalue weighted by Crippen LogP contribution is -2.28. The molecule has 22 heavy (non-hydrogen) atoms. The molecule has 2 N–H and O–H groups in total. The van der Waals surface area contributed by atoms with Gasteiger partial charge in [-0.3, -0.25) is 4.79 Å². The number of benzene rings is 1. The van der Waals surface area contributed by atoms with Gasteiger partial charge in [0.15, 0.2) is 0 Å². The zero-order valence-corrected chi connectivity index (χ0v) is 13.2. The lowest BCUT2D eigenvalue weighted by atomic mass is 9.85. The Labute approximate surface area is 134 Å². The van der Waals surface area contributed by atoms with E-state index in [0.29, 0.717) is 5.82 Å². The van der Waals surface area contributed by atoms with Crippen LogP contribution in [0, 0.1) is 12.8 Å². The van der Waals surface area contributed by atoms with Crippen LogP contribution in [-0.2, 0) is 4.79 Å². The molecule has 1 aromatic heterocycles. The van der Waals surface area contributed by atoms with E-state index in [1.807, 2.05) is 31.2 Å². The van der Waals surface area contributed by atoms with Crippen LogP contribution < -0.4 is 10.6 Å². The standard InChI is InChI=1S/C17H18ClN3O/c1-11-14(18)6-3-7-15(11)20-13-8-9-16(19-10-13)21-17(22)12-4-2-5-12/h3,6-10,12,20H,2,4-5H2,1H3,(H,19,21,22). The number of nitrogens with one attached hydrogen (secondary N) is 2. The average molecular weight is 316 g/mol. The quantitative estimate of drug-likeness (QED) is 0.871. The maximum Gasteiger partial charge on any atom is 0.228 e. The second-order valence-electron chi connectivity index (χ2n) is 5.59. The number of aromatic nitrogens is 1. The highest BCUT2D eigenvalue weighted by Crippen LogP contribution is 2.28. The number of hydrogen-bond donors (Lipinski definition) is 2. The minimum Gasteiger partial charge on any atom is -0.354 e. The third-order valence-corrected chi connectivity index (χ3v) is 4.45. The molecule has 114 valence electrons. The predicted molar refractivity (Wildman–Crippen MR) is 89.7 cm³/mol. The van der Waals surface area contributed by atoms with Crippen LogP contribution in [0.15, 0.2) is 36.5 Å². The molecule has 2 aromatic rings. The van der Waals surface area contributed by atoms with Gasteiger partial charge in [-0.25, -0.2) is 4.98 Å². The number of pyridine rings is 1. The lowest BCUT2D eigenvalue weighted by Gasteiger charge is -2.23. The molecule has 0 spiro atoms. The van der Waals surface area contributed by atoms with Crippen LogP contribution in [0.25, 0.3) is 0 Å². The largest absolute Gasteiger partial charge is 0.354 e. The summed E-state index contributed by atoms with van der Waals surface area (Å²) in [4.78, 5) is 16.2. The Kier molecular flexibility index (Phi) is 4.29. The first-order valence-corrected chi connectivity index (χ1v) is 7.80. The van der Waals surface area contributed by atoms with Crippen molar-refractivity contribution in [2.75, 3.05) is 10.6 Å².